The van der Waals surface area contributed by atoms with Gasteiger partial charge in [0.15, 0.2) is 0 Å². The molecule has 4 heteroatoms. The minimum absolute atomic E-state index is 0.632. The van der Waals surface area contributed by atoms with Crippen LogP contribution in [0.3, 0.4) is 0 Å². The SMILES string of the molecule is COc1cccc(CN(C)C2CCNC2)n1. The van der Waals surface area contributed by atoms with Crippen molar-refractivity contribution in [2.24, 2.45) is 0 Å². The predicted molar refractivity (Wildman–Crippen MR) is 63.5 cm³/mol. The molecule has 2 heterocycles. The van der Waals surface area contributed by atoms with Crippen molar-refractivity contribution < 1.29 is 4.74 Å². The van der Waals surface area contributed by atoms with E-state index in [4.69, 9.17) is 4.74 Å². The van der Waals surface area contributed by atoms with Gasteiger partial charge in [0.25, 0.3) is 0 Å². The molecular formula is C12H19N3O. The van der Waals surface area contributed by atoms with Gasteiger partial charge in [-0.25, -0.2) is 4.98 Å². The Morgan fingerprint density at radius 1 is 1.56 bits per heavy atom. The van der Waals surface area contributed by atoms with Crippen molar-refractivity contribution in [1.29, 1.82) is 0 Å². The number of ether oxygens (including phenoxy) is 1. The molecule has 1 unspecified atom stereocenters. The van der Waals surface area contributed by atoms with E-state index in [1.165, 1.54) is 6.42 Å². The lowest BCUT2D eigenvalue weighted by Crippen LogP contribution is -2.33. The molecule has 1 N–H and O–H groups in total. The fourth-order valence-corrected chi connectivity index (χ4v) is 2.06. The molecule has 0 aromatic carbocycles. The first-order chi connectivity index (χ1) is 7.79. The summed E-state index contributed by atoms with van der Waals surface area (Å²) >= 11 is 0. The molecular weight excluding hydrogens is 202 g/mol. The van der Waals surface area contributed by atoms with Gasteiger partial charge in [0.2, 0.25) is 5.88 Å². The van der Waals surface area contributed by atoms with E-state index in [9.17, 15) is 0 Å². The second-order valence-corrected chi connectivity index (χ2v) is 4.23. The van der Waals surface area contributed by atoms with E-state index in [1.807, 2.05) is 18.2 Å². The van der Waals surface area contributed by atoms with Gasteiger partial charge in [-0.3, -0.25) is 4.90 Å². The highest BCUT2D eigenvalue weighted by atomic mass is 16.5. The van der Waals surface area contributed by atoms with Crippen LogP contribution in [0.1, 0.15) is 12.1 Å². The Kier molecular flexibility index (Phi) is 3.74. The van der Waals surface area contributed by atoms with E-state index < -0.39 is 0 Å². The number of methoxy groups -OCH3 is 1. The third-order valence-electron chi connectivity index (χ3n) is 3.06. The maximum atomic E-state index is 5.12. The maximum Gasteiger partial charge on any atom is 0.213 e. The van der Waals surface area contributed by atoms with Crippen LogP contribution in [0.2, 0.25) is 0 Å². The van der Waals surface area contributed by atoms with Gasteiger partial charge in [-0.2, -0.15) is 0 Å². The van der Waals surface area contributed by atoms with Crippen LogP contribution < -0.4 is 10.1 Å². The van der Waals surface area contributed by atoms with Gasteiger partial charge >= 0.3 is 0 Å². The number of hydrogen-bond acceptors (Lipinski definition) is 4. The van der Waals surface area contributed by atoms with E-state index in [1.54, 1.807) is 7.11 Å². The molecule has 4 nitrogen and oxygen atoms in total. The van der Waals surface area contributed by atoms with Gasteiger partial charge in [0.05, 0.1) is 12.8 Å². The van der Waals surface area contributed by atoms with Crippen LogP contribution in [0.25, 0.3) is 0 Å². The average Bonchev–Trinajstić information content (AvgIpc) is 2.83. The standard InChI is InChI=1S/C12H19N3O/c1-15(11-6-7-13-8-11)9-10-4-3-5-12(14-10)16-2/h3-5,11,13H,6-9H2,1-2H3. The van der Waals surface area contributed by atoms with Crippen molar-refractivity contribution in [3.63, 3.8) is 0 Å². The molecule has 1 aromatic rings. The molecule has 0 bridgehead atoms. The highest BCUT2D eigenvalue weighted by Gasteiger charge is 2.19. The summed E-state index contributed by atoms with van der Waals surface area (Å²) in [6.07, 6.45) is 1.22. The summed E-state index contributed by atoms with van der Waals surface area (Å²) in [5.41, 5.74) is 1.06. The van der Waals surface area contributed by atoms with Gasteiger partial charge in [-0.05, 0) is 26.1 Å². The fourth-order valence-electron chi connectivity index (χ4n) is 2.06. The minimum Gasteiger partial charge on any atom is -0.481 e. The van der Waals surface area contributed by atoms with Crippen molar-refractivity contribution in [2.75, 3.05) is 27.2 Å². The maximum absolute atomic E-state index is 5.12. The van der Waals surface area contributed by atoms with Gasteiger partial charge in [0.1, 0.15) is 0 Å². The topological polar surface area (TPSA) is 37.4 Å². The van der Waals surface area contributed by atoms with Crippen molar-refractivity contribution in [3.8, 4) is 5.88 Å². The van der Waals surface area contributed by atoms with Crippen molar-refractivity contribution >= 4 is 0 Å². The molecule has 1 atom stereocenters. The van der Waals surface area contributed by atoms with Crippen LogP contribution in [0.5, 0.6) is 5.88 Å². The Morgan fingerprint density at radius 3 is 3.12 bits per heavy atom. The Balaban J connectivity index is 1.96. The minimum atomic E-state index is 0.632. The number of nitrogens with one attached hydrogen (secondary N) is 1. The molecule has 0 amide bonds. The molecule has 0 saturated carbocycles. The van der Waals surface area contributed by atoms with Crippen molar-refractivity contribution in [2.45, 2.75) is 19.0 Å². The zero-order chi connectivity index (χ0) is 11.4. The second-order valence-electron chi connectivity index (χ2n) is 4.23. The molecule has 0 aliphatic carbocycles. The Morgan fingerprint density at radius 2 is 2.44 bits per heavy atom. The van der Waals surface area contributed by atoms with Crippen LogP contribution in [-0.4, -0.2) is 43.2 Å². The van der Waals surface area contributed by atoms with Crippen LogP contribution in [0, 0.1) is 0 Å². The van der Waals surface area contributed by atoms with Crippen LogP contribution >= 0.6 is 0 Å². The van der Waals surface area contributed by atoms with Crippen LogP contribution in [0.4, 0.5) is 0 Å². The summed E-state index contributed by atoms with van der Waals surface area (Å²) in [4.78, 5) is 6.77. The molecule has 1 aromatic heterocycles. The summed E-state index contributed by atoms with van der Waals surface area (Å²) in [5, 5.41) is 3.37. The number of nitrogens with zero attached hydrogens (tertiary/aromatic N) is 2. The van der Waals surface area contributed by atoms with E-state index in [0.29, 0.717) is 11.9 Å². The molecule has 1 saturated heterocycles. The number of hydrogen-bond donors (Lipinski definition) is 1. The predicted octanol–water partition coefficient (Wildman–Crippen LogP) is 0.884. The van der Waals surface area contributed by atoms with Crippen LogP contribution in [-0.2, 0) is 6.54 Å². The highest BCUT2D eigenvalue weighted by molar-refractivity contribution is 5.15. The van der Waals surface area contributed by atoms with Crippen molar-refractivity contribution in [3.05, 3.63) is 23.9 Å². The number of aromatic nitrogens is 1. The van der Waals surface area contributed by atoms with E-state index in [0.717, 1.165) is 25.3 Å². The molecule has 1 aliphatic rings. The largest absolute Gasteiger partial charge is 0.481 e. The second kappa shape index (κ2) is 5.27. The Labute approximate surface area is 96.6 Å². The smallest absolute Gasteiger partial charge is 0.213 e. The van der Waals surface area contributed by atoms with Crippen molar-refractivity contribution in [1.82, 2.24) is 15.2 Å². The number of rotatable bonds is 4. The van der Waals surface area contributed by atoms with Gasteiger partial charge in [-0.15, -0.1) is 0 Å². The van der Waals surface area contributed by atoms with Gasteiger partial charge in [0, 0.05) is 25.2 Å². The summed E-state index contributed by atoms with van der Waals surface area (Å²) in [6, 6.07) is 6.54. The van der Waals surface area contributed by atoms with E-state index in [2.05, 4.69) is 22.2 Å². The summed E-state index contributed by atoms with van der Waals surface area (Å²) < 4.78 is 5.12. The average molecular weight is 221 g/mol. The normalized spacial score (nSPS) is 20.3. The zero-order valence-corrected chi connectivity index (χ0v) is 9.94. The number of likely N-dealkylation sites (N-methyl/N-ethyl adjacent to an activating group) is 1. The van der Waals surface area contributed by atoms with E-state index >= 15 is 0 Å². The Bertz CT molecular complexity index is 337. The molecule has 1 fully saturated rings. The third-order valence-corrected chi connectivity index (χ3v) is 3.06. The van der Waals surface area contributed by atoms with E-state index in [-0.39, 0.29) is 0 Å². The lowest BCUT2D eigenvalue weighted by molar-refractivity contribution is 0.245. The molecule has 16 heavy (non-hydrogen) atoms. The zero-order valence-electron chi connectivity index (χ0n) is 9.94. The fraction of sp³-hybridized carbons (Fsp3) is 0.583. The number of pyridine rings is 1. The lowest BCUT2D eigenvalue weighted by Gasteiger charge is -2.22. The molecule has 88 valence electrons. The third kappa shape index (κ3) is 2.71. The molecule has 0 radical (unpaired) electrons. The first-order valence-corrected chi connectivity index (χ1v) is 5.70. The molecule has 2 rings (SSSR count). The summed E-state index contributed by atoms with van der Waals surface area (Å²) in [5.74, 6) is 0.690. The quantitative estimate of drug-likeness (QED) is 0.819. The summed E-state index contributed by atoms with van der Waals surface area (Å²) in [7, 11) is 3.80. The summed E-state index contributed by atoms with van der Waals surface area (Å²) in [6.45, 7) is 3.09. The van der Waals surface area contributed by atoms with Gasteiger partial charge in [-0.1, -0.05) is 6.07 Å². The first kappa shape index (κ1) is 11.4. The van der Waals surface area contributed by atoms with Gasteiger partial charge < -0.3 is 10.1 Å². The highest BCUT2D eigenvalue weighted by Crippen LogP contribution is 2.12. The lowest BCUT2D eigenvalue weighted by atomic mass is 10.2. The molecule has 0 spiro atoms. The van der Waals surface area contributed by atoms with Crippen LogP contribution in [0.15, 0.2) is 18.2 Å². The monoisotopic (exact) mass is 221 g/mol. The molecule has 1 aliphatic heterocycles. The first-order valence-electron chi connectivity index (χ1n) is 5.70. The Hall–Kier alpha value is -1.13.